The number of halogens is 4. The zero-order valence-corrected chi connectivity index (χ0v) is 13.8. The van der Waals surface area contributed by atoms with Gasteiger partial charge in [0.15, 0.2) is 0 Å². The predicted molar refractivity (Wildman–Crippen MR) is 83.6 cm³/mol. The van der Waals surface area contributed by atoms with Crippen LogP contribution in [0.5, 0.6) is 0 Å². The molecule has 1 aromatic heterocycles. The molecule has 1 heterocycles. The second-order valence-corrected chi connectivity index (χ2v) is 6.85. The maximum Gasteiger partial charge on any atom is 0.416 e. The number of nitrogens with one attached hydrogen (secondary N) is 1. The zero-order chi connectivity index (χ0) is 18.1. The maximum atomic E-state index is 12.6. The molecule has 0 amide bonds. The van der Waals surface area contributed by atoms with E-state index in [-0.39, 0.29) is 5.69 Å². The van der Waals surface area contributed by atoms with Crippen molar-refractivity contribution in [2.75, 3.05) is 4.72 Å². The van der Waals surface area contributed by atoms with Crippen molar-refractivity contribution in [3.05, 3.63) is 57.5 Å². The molecule has 0 saturated carbocycles. The molecule has 1 aromatic carbocycles. The molecule has 0 aliphatic carbocycles. The first-order valence-corrected chi connectivity index (χ1v) is 8.51. The van der Waals surface area contributed by atoms with Gasteiger partial charge < -0.3 is 4.57 Å². The smallest absolute Gasteiger partial charge is 0.316 e. The summed E-state index contributed by atoms with van der Waals surface area (Å²) < 4.78 is 65.8. The standard InChI is InChI=1S/C14H12ClF3N2O3S/c1-2-20-6-5-10(8-13(20)21)19-24(22,23)12-4-3-9(7-11(12)15)14(16,17)18/h3-8,19H,2H2,1H3. The fourth-order valence-corrected chi connectivity index (χ4v) is 3.53. The van der Waals surface area contributed by atoms with Crippen LogP contribution in [0.1, 0.15) is 12.5 Å². The molecule has 0 aliphatic rings. The lowest BCUT2D eigenvalue weighted by Gasteiger charge is -2.12. The van der Waals surface area contributed by atoms with Gasteiger partial charge in [-0.15, -0.1) is 0 Å². The van der Waals surface area contributed by atoms with E-state index in [1.54, 1.807) is 6.92 Å². The number of nitrogens with zero attached hydrogens (tertiary/aromatic N) is 1. The molecule has 2 rings (SSSR count). The first kappa shape index (κ1) is 18.3. The normalized spacial score (nSPS) is 12.2. The highest BCUT2D eigenvalue weighted by Gasteiger charge is 2.32. The van der Waals surface area contributed by atoms with E-state index >= 15 is 0 Å². The summed E-state index contributed by atoms with van der Waals surface area (Å²) in [4.78, 5) is 11.2. The summed E-state index contributed by atoms with van der Waals surface area (Å²) >= 11 is 5.68. The molecule has 0 saturated heterocycles. The van der Waals surface area contributed by atoms with Gasteiger partial charge in [-0.25, -0.2) is 8.42 Å². The molecule has 0 unspecified atom stereocenters. The average molecular weight is 381 g/mol. The highest BCUT2D eigenvalue weighted by molar-refractivity contribution is 7.92. The van der Waals surface area contributed by atoms with Crippen LogP contribution >= 0.6 is 11.6 Å². The molecule has 2 aromatic rings. The van der Waals surface area contributed by atoms with Gasteiger partial charge in [-0.05, 0) is 31.2 Å². The van der Waals surface area contributed by atoms with Crippen molar-refractivity contribution in [1.82, 2.24) is 4.57 Å². The number of alkyl halides is 3. The number of hydrogen-bond donors (Lipinski definition) is 1. The van der Waals surface area contributed by atoms with Crippen molar-refractivity contribution in [2.45, 2.75) is 24.5 Å². The Hall–Kier alpha value is -2.00. The lowest BCUT2D eigenvalue weighted by atomic mass is 10.2. The summed E-state index contributed by atoms with van der Waals surface area (Å²) in [6, 6.07) is 4.35. The second kappa shape index (κ2) is 6.48. The summed E-state index contributed by atoms with van der Waals surface area (Å²) in [7, 11) is -4.24. The number of anilines is 1. The Kier molecular flexibility index (Phi) is 4.95. The number of aromatic nitrogens is 1. The highest BCUT2D eigenvalue weighted by Crippen LogP contribution is 2.33. The first-order valence-electron chi connectivity index (χ1n) is 6.64. The molecule has 24 heavy (non-hydrogen) atoms. The topological polar surface area (TPSA) is 68.2 Å². The number of benzene rings is 1. The van der Waals surface area contributed by atoms with Crippen molar-refractivity contribution in [3.8, 4) is 0 Å². The molecular weight excluding hydrogens is 369 g/mol. The number of sulfonamides is 1. The minimum Gasteiger partial charge on any atom is -0.316 e. The fraction of sp³-hybridized carbons (Fsp3) is 0.214. The van der Waals surface area contributed by atoms with E-state index < -0.39 is 37.2 Å². The van der Waals surface area contributed by atoms with Gasteiger partial charge in [0.05, 0.1) is 16.3 Å². The number of rotatable bonds is 4. The van der Waals surface area contributed by atoms with Gasteiger partial charge in [0.2, 0.25) is 0 Å². The first-order chi connectivity index (χ1) is 11.0. The molecule has 130 valence electrons. The van der Waals surface area contributed by atoms with E-state index in [1.165, 1.54) is 16.8 Å². The molecule has 0 atom stereocenters. The van der Waals surface area contributed by atoms with Crippen LogP contribution in [0.25, 0.3) is 0 Å². The molecule has 10 heteroatoms. The van der Waals surface area contributed by atoms with Gasteiger partial charge in [0, 0.05) is 18.8 Å². The summed E-state index contributed by atoms with van der Waals surface area (Å²) in [6.45, 7) is 2.16. The van der Waals surface area contributed by atoms with Crippen LogP contribution in [0.2, 0.25) is 5.02 Å². The molecular formula is C14H12ClF3N2O3S. The van der Waals surface area contributed by atoms with Crippen molar-refractivity contribution >= 4 is 27.3 Å². The van der Waals surface area contributed by atoms with E-state index in [2.05, 4.69) is 4.72 Å². The van der Waals surface area contributed by atoms with Crippen LogP contribution in [-0.4, -0.2) is 13.0 Å². The summed E-state index contributed by atoms with van der Waals surface area (Å²) in [5.41, 5.74) is -1.49. The van der Waals surface area contributed by atoms with Gasteiger partial charge in [0.25, 0.3) is 15.6 Å². The van der Waals surface area contributed by atoms with Gasteiger partial charge in [-0.2, -0.15) is 13.2 Å². The molecule has 0 aliphatic heterocycles. The summed E-state index contributed by atoms with van der Waals surface area (Å²) in [5.74, 6) is 0. The molecule has 0 spiro atoms. The van der Waals surface area contributed by atoms with Crippen LogP contribution in [0.15, 0.2) is 46.2 Å². The Morgan fingerprint density at radius 2 is 1.88 bits per heavy atom. The van der Waals surface area contributed by atoms with Gasteiger partial charge >= 0.3 is 6.18 Å². The molecule has 1 N–H and O–H groups in total. The van der Waals surface area contributed by atoms with E-state index in [9.17, 15) is 26.4 Å². The van der Waals surface area contributed by atoms with Crippen molar-refractivity contribution in [1.29, 1.82) is 0 Å². The number of aryl methyl sites for hydroxylation is 1. The third kappa shape index (κ3) is 3.90. The molecule has 5 nitrogen and oxygen atoms in total. The number of hydrogen-bond acceptors (Lipinski definition) is 3. The van der Waals surface area contributed by atoms with Crippen LogP contribution < -0.4 is 10.3 Å². The second-order valence-electron chi connectivity index (χ2n) is 4.79. The van der Waals surface area contributed by atoms with Crippen molar-refractivity contribution < 1.29 is 21.6 Å². The largest absolute Gasteiger partial charge is 0.416 e. The third-order valence-electron chi connectivity index (χ3n) is 3.14. The Bertz CT molecular complexity index is 924. The van der Waals surface area contributed by atoms with Crippen LogP contribution in [0.4, 0.5) is 18.9 Å². The Labute approximate surface area is 140 Å². The van der Waals surface area contributed by atoms with E-state index in [1.807, 2.05) is 0 Å². The molecule has 0 radical (unpaired) electrons. The summed E-state index contributed by atoms with van der Waals surface area (Å²) in [6.07, 6.45) is -3.24. The van der Waals surface area contributed by atoms with Gasteiger partial charge in [-0.1, -0.05) is 11.6 Å². The quantitative estimate of drug-likeness (QED) is 0.884. The van der Waals surface area contributed by atoms with Gasteiger partial charge in [0.1, 0.15) is 4.90 Å². The van der Waals surface area contributed by atoms with E-state index in [0.717, 1.165) is 12.1 Å². The minimum atomic E-state index is -4.63. The lowest BCUT2D eigenvalue weighted by molar-refractivity contribution is -0.137. The van der Waals surface area contributed by atoms with Crippen LogP contribution in [0, 0.1) is 0 Å². The number of pyridine rings is 1. The Morgan fingerprint density at radius 1 is 1.21 bits per heavy atom. The third-order valence-corrected chi connectivity index (χ3v) is 5.00. The van der Waals surface area contributed by atoms with Gasteiger partial charge in [-0.3, -0.25) is 9.52 Å². The van der Waals surface area contributed by atoms with Crippen molar-refractivity contribution in [2.24, 2.45) is 0 Å². The predicted octanol–water partition coefficient (Wildman–Crippen LogP) is 3.34. The Balaban J connectivity index is 2.37. The highest BCUT2D eigenvalue weighted by atomic mass is 35.5. The Morgan fingerprint density at radius 3 is 2.38 bits per heavy atom. The SMILES string of the molecule is CCn1ccc(NS(=O)(=O)c2ccc(C(F)(F)F)cc2Cl)cc1=O. The minimum absolute atomic E-state index is 0.0133. The summed E-state index contributed by atoms with van der Waals surface area (Å²) in [5, 5.41) is -0.570. The molecule has 0 bridgehead atoms. The van der Waals surface area contributed by atoms with Crippen molar-refractivity contribution in [3.63, 3.8) is 0 Å². The fourth-order valence-electron chi connectivity index (χ4n) is 1.94. The maximum absolute atomic E-state index is 12.6. The lowest BCUT2D eigenvalue weighted by Crippen LogP contribution is -2.20. The van der Waals surface area contributed by atoms with Crippen LogP contribution in [0.3, 0.4) is 0 Å². The van der Waals surface area contributed by atoms with E-state index in [0.29, 0.717) is 18.7 Å². The van der Waals surface area contributed by atoms with E-state index in [4.69, 9.17) is 11.6 Å². The zero-order valence-electron chi connectivity index (χ0n) is 12.3. The monoisotopic (exact) mass is 380 g/mol. The van der Waals surface area contributed by atoms with Crippen LogP contribution in [-0.2, 0) is 22.7 Å². The molecule has 0 fully saturated rings. The average Bonchev–Trinajstić information content (AvgIpc) is 2.45.